The standard InChI is InChI=1S/C21H18ClFO5/c1-10(2)3-5-12-16(25)8-17(26)18-13(9-24)19(27)20(28-21(12)18)11-4-6-14(22)15(23)7-11/h3-4,6-9,13,25-27H,5H2,1-2H3. The average molecular weight is 405 g/mol. The lowest BCUT2D eigenvalue weighted by atomic mass is 9.89. The predicted octanol–water partition coefficient (Wildman–Crippen LogP) is 5.00. The van der Waals surface area contributed by atoms with Gasteiger partial charge in [0.25, 0.3) is 0 Å². The zero-order valence-corrected chi connectivity index (χ0v) is 15.9. The Morgan fingerprint density at radius 2 is 1.93 bits per heavy atom. The first-order valence-electron chi connectivity index (χ1n) is 8.47. The van der Waals surface area contributed by atoms with Crippen LogP contribution in [0.25, 0.3) is 5.76 Å². The van der Waals surface area contributed by atoms with Gasteiger partial charge in [-0.2, -0.15) is 0 Å². The number of rotatable bonds is 4. The molecule has 0 bridgehead atoms. The minimum atomic E-state index is -1.23. The quantitative estimate of drug-likeness (QED) is 0.493. The van der Waals surface area contributed by atoms with Crippen LogP contribution < -0.4 is 4.74 Å². The molecule has 0 aliphatic carbocycles. The fourth-order valence-electron chi connectivity index (χ4n) is 3.02. The Balaban J connectivity index is 2.22. The molecule has 146 valence electrons. The van der Waals surface area contributed by atoms with Crippen molar-refractivity contribution in [3.8, 4) is 17.2 Å². The largest absolute Gasteiger partial charge is 0.507 e. The van der Waals surface area contributed by atoms with Gasteiger partial charge >= 0.3 is 0 Å². The number of phenols is 2. The van der Waals surface area contributed by atoms with Crippen molar-refractivity contribution in [3.05, 3.63) is 69.2 Å². The summed E-state index contributed by atoms with van der Waals surface area (Å²) in [7, 11) is 0. The molecule has 3 N–H and O–H groups in total. The molecule has 1 heterocycles. The van der Waals surface area contributed by atoms with E-state index in [4.69, 9.17) is 16.3 Å². The van der Waals surface area contributed by atoms with Crippen LogP contribution in [-0.4, -0.2) is 21.6 Å². The number of carbonyl (C=O) groups is 1. The van der Waals surface area contributed by atoms with Crippen molar-refractivity contribution in [2.45, 2.75) is 26.2 Å². The molecular formula is C21H18ClFO5. The fraction of sp³-hybridized carbons (Fsp3) is 0.190. The van der Waals surface area contributed by atoms with E-state index < -0.39 is 23.2 Å². The number of phenolic OH excluding ortho intramolecular Hbond substituents is 2. The van der Waals surface area contributed by atoms with Crippen LogP contribution in [0.15, 0.2) is 41.7 Å². The Morgan fingerprint density at radius 1 is 1.21 bits per heavy atom. The van der Waals surface area contributed by atoms with Crippen LogP contribution in [0.1, 0.15) is 36.5 Å². The smallest absolute Gasteiger partial charge is 0.173 e. The van der Waals surface area contributed by atoms with Crippen LogP contribution in [0.2, 0.25) is 5.02 Å². The molecule has 0 radical (unpaired) electrons. The molecule has 5 nitrogen and oxygen atoms in total. The molecule has 1 unspecified atom stereocenters. The number of hydrogen-bond acceptors (Lipinski definition) is 5. The van der Waals surface area contributed by atoms with E-state index in [0.29, 0.717) is 11.8 Å². The summed E-state index contributed by atoms with van der Waals surface area (Å²) >= 11 is 5.71. The van der Waals surface area contributed by atoms with Crippen LogP contribution in [0.3, 0.4) is 0 Å². The molecular weight excluding hydrogens is 387 g/mol. The molecule has 0 aromatic heterocycles. The van der Waals surface area contributed by atoms with Gasteiger partial charge in [-0.25, -0.2) is 4.39 Å². The number of allylic oxidation sites excluding steroid dienone is 3. The third-order valence-electron chi connectivity index (χ3n) is 4.45. The normalized spacial score (nSPS) is 15.6. The number of benzene rings is 2. The van der Waals surface area contributed by atoms with Gasteiger partial charge in [-0.1, -0.05) is 23.3 Å². The predicted molar refractivity (Wildman–Crippen MR) is 103 cm³/mol. The maximum Gasteiger partial charge on any atom is 0.173 e. The third kappa shape index (κ3) is 3.43. The molecule has 1 atom stereocenters. The summed E-state index contributed by atoms with van der Waals surface area (Å²) in [5.74, 6) is -3.14. The van der Waals surface area contributed by atoms with E-state index in [1.807, 2.05) is 19.9 Å². The van der Waals surface area contributed by atoms with Crippen molar-refractivity contribution >= 4 is 23.6 Å². The lowest BCUT2D eigenvalue weighted by molar-refractivity contribution is -0.109. The summed E-state index contributed by atoms with van der Waals surface area (Å²) < 4.78 is 19.7. The number of aromatic hydroxyl groups is 2. The lowest BCUT2D eigenvalue weighted by Gasteiger charge is -2.27. The number of hydrogen-bond donors (Lipinski definition) is 3. The van der Waals surface area contributed by atoms with Crippen LogP contribution in [-0.2, 0) is 11.2 Å². The van der Waals surface area contributed by atoms with E-state index in [-0.39, 0.29) is 39.8 Å². The summed E-state index contributed by atoms with van der Waals surface area (Å²) in [4.78, 5) is 11.7. The van der Waals surface area contributed by atoms with Crippen molar-refractivity contribution in [3.63, 3.8) is 0 Å². The first-order valence-corrected chi connectivity index (χ1v) is 8.85. The molecule has 1 aliphatic heterocycles. The van der Waals surface area contributed by atoms with Gasteiger partial charge in [-0.05, 0) is 38.5 Å². The van der Waals surface area contributed by atoms with Gasteiger partial charge in [0.1, 0.15) is 35.3 Å². The summed E-state index contributed by atoms with van der Waals surface area (Å²) in [5.41, 5.74) is 1.52. The fourth-order valence-corrected chi connectivity index (χ4v) is 3.14. The Morgan fingerprint density at radius 3 is 2.54 bits per heavy atom. The molecule has 7 heteroatoms. The number of aliphatic hydroxyl groups is 1. The number of fused-ring (bicyclic) bond motifs is 1. The summed E-state index contributed by atoms with van der Waals surface area (Å²) in [5, 5.41) is 31.0. The zero-order chi connectivity index (χ0) is 20.6. The van der Waals surface area contributed by atoms with Crippen molar-refractivity contribution < 1.29 is 29.2 Å². The number of carbonyl (C=O) groups excluding carboxylic acids is 1. The molecule has 3 rings (SSSR count). The molecule has 28 heavy (non-hydrogen) atoms. The van der Waals surface area contributed by atoms with Crippen molar-refractivity contribution in [1.82, 2.24) is 0 Å². The maximum absolute atomic E-state index is 13.9. The van der Waals surface area contributed by atoms with Gasteiger partial charge in [0.2, 0.25) is 0 Å². The Kier molecular flexibility index (Phi) is 5.34. The molecule has 0 spiro atoms. The topological polar surface area (TPSA) is 87.0 Å². The summed E-state index contributed by atoms with van der Waals surface area (Å²) in [6, 6.07) is 4.90. The highest BCUT2D eigenvalue weighted by Gasteiger charge is 2.35. The minimum absolute atomic E-state index is 0.0423. The number of halogens is 2. The highest BCUT2D eigenvalue weighted by molar-refractivity contribution is 6.30. The summed E-state index contributed by atoms with van der Waals surface area (Å²) in [6.07, 6.45) is 2.56. The van der Waals surface area contributed by atoms with Crippen LogP contribution in [0.5, 0.6) is 17.2 Å². The Labute approximate surface area is 166 Å². The second kappa shape index (κ2) is 7.56. The number of aldehydes is 1. The molecule has 0 fully saturated rings. The van der Waals surface area contributed by atoms with Crippen molar-refractivity contribution in [1.29, 1.82) is 0 Å². The second-order valence-corrected chi connectivity index (χ2v) is 7.09. The van der Waals surface area contributed by atoms with Crippen molar-refractivity contribution in [2.24, 2.45) is 0 Å². The first kappa shape index (κ1) is 19.8. The van der Waals surface area contributed by atoms with Gasteiger partial charge in [-0.15, -0.1) is 0 Å². The average Bonchev–Trinajstić information content (AvgIpc) is 2.63. The van der Waals surface area contributed by atoms with E-state index in [1.165, 1.54) is 12.1 Å². The Bertz CT molecular complexity index is 1020. The second-order valence-electron chi connectivity index (χ2n) is 6.68. The Hall–Kier alpha value is -2.99. The first-order chi connectivity index (χ1) is 13.2. The molecule has 2 aromatic carbocycles. The van der Waals surface area contributed by atoms with E-state index in [9.17, 15) is 24.5 Å². The molecule has 1 aliphatic rings. The maximum atomic E-state index is 13.9. The van der Waals surface area contributed by atoms with E-state index in [1.54, 1.807) is 0 Å². The molecule has 2 aromatic rings. The number of aliphatic hydroxyl groups excluding tert-OH is 1. The van der Waals surface area contributed by atoms with Gasteiger partial charge in [-0.3, -0.25) is 0 Å². The third-order valence-corrected chi connectivity index (χ3v) is 4.76. The highest BCUT2D eigenvalue weighted by atomic mass is 35.5. The van der Waals surface area contributed by atoms with Gasteiger partial charge in [0.15, 0.2) is 11.5 Å². The van der Waals surface area contributed by atoms with E-state index >= 15 is 0 Å². The monoisotopic (exact) mass is 404 g/mol. The van der Waals surface area contributed by atoms with Crippen LogP contribution in [0, 0.1) is 5.82 Å². The van der Waals surface area contributed by atoms with Crippen molar-refractivity contribution in [2.75, 3.05) is 0 Å². The minimum Gasteiger partial charge on any atom is -0.507 e. The zero-order valence-electron chi connectivity index (χ0n) is 15.2. The molecule has 0 saturated carbocycles. The van der Waals surface area contributed by atoms with Crippen LogP contribution >= 0.6 is 11.6 Å². The lowest BCUT2D eigenvalue weighted by Crippen LogP contribution is -2.18. The summed E-state index contributed by atoms with van der Waals surface area (Å²) in [6.45, 7) is 3.76. The van der Waals surface area contributed by atoms with Gasteiger partial charge in [0, 0.05) is 17.2 Å². The van der Waals surface area contributed by atoms with Gasteiger partial charge in [0.05, 0.1) is 10.6 Å². The molecule has 0 amide bonds. The molecule has 0 saturated heterocycles. The SMILES string of the molecule is CC(C)=CCc1c(O)cc(O)c2c1OC(c1ccc(Cl)c(F)c1)=C(O)C2C=O. The van der Waals surface area contributed by atoms with E-state index in [2.05, 4.69) is 0 Å². The van der Waals surface area contributed by atoms with Gasteiger partial charge < -0.3 is 24.9 Å². The van der Waals surface area contributed by atoms with E-state index in [0.717, 1.165) is 17.7 Å². The highest BCUT2D eigenvalue weighted by Crippen LogP contribution is 2.49. The van der Waals surface area contributed by atoms with Crippen LogP contribution in [0.4, 0.5) is 4.39 Å². The number of ether oxygens (including phenoxy) is 1.